The fraction of sp³-hybridized carbons (Fsp3) is 0.111. The van der Waals surface area contributed by atoms with Crippen molar-refractivity contribution in [1.29, 1.82) is 0 Å². The van der Waals surface area contributed by atoms with Gasteiger partial charge in [-0.2, -0.15) is 0 Å². The van der Waals surface area contributed by atoms with Crippen molar-refractivity contribution in [2.24, 2.45) is 0 Å². The number of halogens is 2. The highest BCUT2D eigenvalue weighted by molar-refractivity contribution is 9.10. The number of rotatable bonds is 6. The van der Waals surface area contributed by atoms with E-state index >= 15 is 0 Å². The number of aryl methyl sites for hydroxylation is 1. The summed E-state index contributed by atoms with van der Waals surface area (Å²) in [4.78, 5) is 28.0. The summed E-state index contributed by atoms with van der Waals surface area (Å²) >= 11 is 9.57. The number of amides is 1. The molecule has 1 aliphatic rings. The van der Waals surface area contributed by atoms with Crippen LogP contribution in [-0.4, -0.2) is 27.0 Å². The van der Waals surface area contributed by atoms with Gasteiger partial charge in [0.1, 0.15) is 5.76 Å². The Morgan fingerprint density at radius 3 is 2.22 bits per heavy atom. The molecule has 0 spiro atoms. The Balaban J connectivity index is 1.53. The summed E-state index contributed by atoms with van der Waals surface area (Å²) in [7, 11) is 0. The normalized spacial score (nSPS) is 16.9. The summed E-state index contributed by atoms with van der Waals surface area (Å²) in [5.74, 6) is -1.05. The highest BCUT2D eigenvalue weighted by Crippen LogP contribution is 2.44. The second-order valence-corrected chi connectivity index (χ2v) is 12.4. The van der Waals surface area contributed by atoms with Gasteiger partial charge in [-0.25, -0.2) is 0 Å². The maximum Gasteiger partial charge on any atom is 0.301 e. The van der Waals surface area contributed by atoms with E-state index in [1.54, 1.807) is 24.3 Å². The third kappa shape index (κ3) is 5.43. The molecule has 1 aromatic heterocycles. The molecule has 1 amide bonds. The number of thioether (sulfide) groups is 1. The Bertz CT molecular complexity index is 1500. The molecule has 6 nitrogen and oxygen atoms in total. The molecule has 3 aromatic carbocycles. The van der Waals surface area contributed by atoms with Crippen molar-refractivity contribution in [3.63, 3.8) is 0 Å². The van der Waals surface area contributed by atoms with E-state index < -0.39 is 17.7 Å². The molecule has 4 aromatic rings. The van der Waals surface area contributed by atoms with Crippen LogP contribution >= 0.6 is 55.0 Å². The number of anilines is 1. The van der Waals surface area contributed by atoms with Gasteiger partial charge < -0.3 is 5.11 Å². The smallest absolute Gasteiger partial charge is 0.301 e. The summed E-state index contributed by atoms with van der Waals surface area (Å²) in [6.07, 6.45) is 0. The predicted octanol–water partition coefficient (Wildman–Crippen LogP) is 7.29. The Hall–Kier alpha value is -2.79. The first-order valence-electron chi connectivity index (χ1n) is 11.2. The number of benzene rings is 3. The summed E-state index contributed by atoms with van der Waals surface area (Å²) in [6, 6.07) is 21.6. The minimum Gasteiger partial charge on any atom is -0.507 e. The average Bonchev–Trinajstić information content (AvgIpc) is 3.46. The molecule has 0 bridgehead atoms. The van der Waals surface area contributed by atoms with E-state index in [2.05, 4.69) is 66.3 Å². The lowest BCUT2D eigenvalue weighted by Crippen LogP contribution is -2.29. The van der Waals surface area contributed by atoms with Gasteiger partial charge in [0.05, 0.1) is 11.6 Å². The van der Waals surface area contributed by atoms with Crippen LogP contribution in [0.5, 0.6) is 0 Å². The average molecular weight is 657 g/mol. The van der Waals surface area contributed by atoms with Crippen molar-refractivity contribution in [3.05, 3.63) is 110 Å². The molecular formula is C27H19Br2N3O3S2. The van der Waals surface area contributed by atoms with Gasteiger partial charge in [0, 0.05) is 20.3 Å². The number of ketones is 1. The van der Waals surface area contributed by atoms with Gasteiger partial charge in [0.25, 0.3) is 5.78 Å². The molecular weight excluding hydrogens is 638 g/mol. The lowest BCUT2D eigenvalue weighted by Gasteiger charge is -2.22. The van der Waals surface area contributed by atoms with Gasteiger partial charge in [-0.05, 0) is 42.3 Å². The fourth-order valence-corrected chi connectivity index (χ4v) is 6.29. The lowest BCUT2D eigenvalue weighted by atomic mass is 9.95. The number of aliphatic hydroxyl groups is 1. The molecule has 1 fully saturated rings. The maximum atomic E-state index is 13.3. The molecule has 1 aliphatic heterocycles. The lowest BCUT2D eigenvalue weighted by molar-refractivity contribution is -0.132. The van der Waals surface area contributed by atoms with E-state index in [-0.39, 0.29) is 11.3 Å². The van der Waals surface area contributed by atoms with Gasteiger partial charge in [-0.1, -0.05) is 109 Å². The molecule has 10 heteroatoms. The highest BCUT2D eigenvalue weighted by atomic mass is 79.9. The first kappa shape index (κ1) is 25.8. The molecule has 0 radical (unpaired) electrons. The van der Waals surface area contributed by atoms with Gasteiger partial charge in [0.15, 0.2) is 4.34 Å². The van der Waals surface area contributed by atoms with Gasteiger partial charge in [0.2, 0.25) is 5.13 Å². The third-order valence-corrected chi connectivity index (χ3v) is 9.02. The van der Waals surface area contributed by atoms with Gasteiger partial charge >= 0.3 is 5.91 Å². The summed E-state index contributed by atoms with van der Waals surface area (Å²) in [6.45, 7) is 2.04. The van der Waals surface area contributed by atoms with E-state index in [1.807, 2.05) is 31.2 Å². The first-order chi connectivity index (χ1) is 17.8. The zero-order valence-electron chi connectivity index (χ0n) is 19.4. The second kappa shape index (κ2) is 10.9. The number of Topliss-reactive ketones (excluding diaryl/α,β-unsaturated/α-hetero) is 1. The second-order valence-electron chi connectivity index (χ2n) is 8.35. The molecule has 1 N–H and O–H groups in total. The van der Waals surface area contributed by atoms with Crippen LogP contribution in [0.25, 0.3) is 5.76 Å². The first-order valence-corrected chi connectivity index (χ1v) is 14.5. The number of aromatic nitrogens is 2. The largest absolute Gasteiger partial charge is 0.507 e. The number of carbonyl (C=O) groups is 2. The molecule has 37 heavy (non-hydrogen) atoms. The third-order valence-electron chi connectivity index (χ3n) is 5.83. The van der Waals surface area contributed by atoms with Gasteiger partial charge in [-0.3, -0.25) is 14.5 Å². The van der Waals surface area contributed by atoms with Crippen LogP contribution in [0.15, 0.2) is 91.7 Å². The molecule has 2 heterocycles. The van der Waals surface area contributed by atoms with Crippen LogP contribution < -0.4 is 4.90 Å². The fourth-order valence-electron chi connectivity index (χ4n) is 3.94. The van der Waals surface area contributed by atoms with Crippen molar-refractivity contribution in [2.45, 2.75) is 23.1 Å². The monoisotopic (exact) mass is 655 g/mol. The van der Waals surface area contributed by atoms with Crippen molar-refractivity contribution < 1.29 is 14.7 Å². The Morgan fingerprint density at radius 1 is 0.946 bits per heavy atom. The molecule has 1 unspecified atom stereocenters. The SMILES string of the molecule is Cc1ccc(CSc2nnc(N3C(=O)C(=O)/C(=C(\O)c4ccc(Br)cc4)C3c3ccc(Br)cc3)s2)cc1. The number of carbonyl (C=O) groups excluding carboxylic acids is 2. The van der Waals surface area contributed by atoms with Crippen LogP contribution in [-0.2, 0) is 15.3 Å². The van der Waals surface area contributed by atoms with Crippen LogP contribution in [0.2, 0.25) is 0 Å². The van der Waals surface area contributed by atoms with Crippen LogP contribution in [0, 0.1) is 6.92 Å². The number of hydrogen-bond acceptors (Lipinski definition) is 7. The Morgan fingerprint density at radius 2 is 1.57 bits per heavy atom. The molecule has 5 rings (SSSR count). The molecule has 1 atom stereocenters. The van der Waals surface area contributed by atoms with E-state index in [0.717, 1.165) is 14.5 Å². The molecule has 0 saturated carbocycles. The number of aliphatic hydroxyl groups excluding tert-OH is 1. The van der Waals surface area contributed by atoms with Crippen LogP contribution in [0.4, 0.5) is 5.13 Å². The number of nitrogens with zero attached hydrogens (tertiary/aromatic N) is 3. The van der Waals surface area contributed by atoms with Crippen molar-refractivity contribution in [2.75, 3.05) is 4.90 Å². The van der Waals surface area contributed by atoms with Crippen LogP contribution in [0.1, 0.15) is 28.3 Å². The van der Waals surface area contributed by atoms with Crippen molar-refractivity contribution in [1.82, 2.24) is 10.2 Å². The topological polar surface area (TPSA) is 83.4 Å². The van der Waals surface area contributed by atoms with Crippen molar-refractivity contribution in [3.8, 4) is 0 Å². The Kier molecular flexibility index (Phi) is 7.62. The van der Waals surface area contributed by atoms with E-state index in [4.69, 9.17) is 0 Å². The van der Waals surface area contributed by atoms with Crippen molar-refractivity contribution >= 4 is 77.5 Å². The predicted molar refractivity (Wildman–Crippen MR) is 154 cm³/mol. The minimum atomic E-state index is -0.848. The molecule has 1 saturated heterocycles. The Labute approximate surface area is 238 Å². The van der Waals surface area contributed by atoms with E-state index in [9.17, 15) is 14.7 Å². The summed E-state index contributed by atoms with van der Waals surface area (Å²) < 4.78 is 2.37. The van der Waals surface area contributed by atoms with E-state index in [0.29, 0.717) is 26.4 Å². The quantitative estimate of drug-likeness (QED) is 0.0772. The summed E-state index contributed by atoms with van der Waals surface area (Å²) in [5, 5.41) is 20.0. The zero-order valence-corrected chi connectivity index (χ0v) is 24.2. The standard InChI is InChI=1S/C27H19Br2N3O3S2/c1-15-2-4-16(5-3-15)14-36-27-31-30-26(37-27)32-22(17-6-10-19(28)11-7-17)21(24(34)25(32)35)23(33)18-8-12-20(29)13-9-18/h2-13,22,33H,14H2,1H3/b23-21-. The maximum absolute atomic E-state index is 13.3. The zero-order chi connectivity index (χ0) is 26.1. The van der Waals surface area contributed by atoms with Gasteiger partial charge in [-0.15, -0.1) is 10.2 Å². The van der Waals surface area contributed by atoms with E-state index in [1.165, 1.54) is 33.6 Å². The molecule has 186 valence electrons. The number of hydrogen-bond donors (Lipinski definition) is 1. The van der Waals surface area contributed by atoms with Crippen LogP contribution in [0.3, 0.4) is 0 Å². The summed E-state index contributed by atoms with van der Waals surface area (Å²) in [5.41, 5.74) is 3.47. The minimum absolute atomic E-state index is 0.0127. The highest BCUT2D eigenvalue weighted by Gasteiger charge is 2.48. The molecule has 0 aliphatic carbocycles.